The van der Waals surface area contributed by atoms with Crippen LogP contribution in [0.1, 0.15) is 5.82 Å². The number of fused-ring (bicyclic) bond motifs is 1. The SMILES string of the molecule is Fc1cccc2c1nc(CCCl)n2-c1ccc(Cl)c(Cl)c1. The van der Waals surface area contributed by atoms with Gasteiger partial charge in [-0.3, -0.25) is 4.57 Å². The summed E-state index contributed by atoms with van der Waals surface area (Å²) in [6.07, 6.45) is 0.524. The van der Waals surface area contributed by atoms with Crippen molar-refractivity contribution >= 4 is 45.8 Å². The summed E-state index contributed by atoms with van der Waals surface area (Å²) in [5, 5.41) is 0.902. The topological polar surface area (TPSA) is 17.8 Å². The van der Waals surface area contributed by atoms with Crippen LogP contribution in [-0.4, -0.2) is 15.4 Å². The lowest BCUT2D eigenvalue weighted by molar-refractivity contribution is 0.637. The van der Waals surface area contributed by atoms with E-state index in [1.807, 2.05) is 16.7 Å². The lowest BCUT2D eigenvalue weighted by atomic mass is 10.2. The van der Waals surface area contributed by atoms with Crippen molar-refractivity contribution in [1.29, 1.82) is 0 Å². The maximum atomic E-state index is 13.9. The van der Waals surface area contributed by atoms with E-state index in [9.17, 15) is 4.39 Å². The van der Waals surface area contributed by atoms with Gasteiger partial charge in [0.05, 0.1) is 15.6 Å². The zero-order valence-corrected chi connectivity index (χ0v) is 13.1. The van der Waals surface area contributed by atoms with Crippen LogP contribution in [0.2, 0.25) is 10.0 Å². The third-order valence-electron chi connectivity index (χ3n) is 3.18. The molecule has 2 aromatic carbocycles. The van der Waals surface area contributed by atoms with Crippen LogP contribution in [0.25, 0.3) is 16.7 Å². The second-order valence-electron chi connectivity index (χ2n) is 4.51. The maximum absolute atomic E-state index is 13.9. The zero-order chi connectivity index (χ0) is 15.0. The second-order valence-corrected chi connectivity index (χ2v) is 5.70. The zero-order valence-electron chi connectivity index (χ0n) is 10.8. The molecule has 0 N–H and O–H groups in total. The third kappa shape index (κ3) is 2.61. The predicted molar refractivity (Wildman–Crippen MR) is 85.5 cm³/mol. The van der Waals surface area contributed by atoms with Gasteiger partial charge in [-0.1, -0.05) is 29.3 Å². The number of aryl methyl sites for hydroxylation is 1. The first-order valence-corrected chi connectivity index (χ1v) is 7.58. The van der Waals surface area contributed by atoms with Gasteiger partial charge in [0.15, 0.2) is 5.82 Å². The molecule has 0 radical (unpaired) electrons. The van der Waals surface area contributed by atoms with Crippen molar-refractivity contribution < 1.29 is 4.39 Å². The van der Waals surface area contributed by atoms with E-state index in [1.165, 1.54) is 6.07 Å². The first kappa shape index (κ1) is 14.6. The average molecular weight is 344 g/mol. The van der Waals surface area contributed by atoms with Crippen molar-refractivity contribution in [3.8, 4) is 5.69 Å². The standard InChI is InChI=1S/C15H10Cl3FN2/c16-7-6-14-20-15-12(19)2-1-3-13(15)21(14)9-4-5-10(17)11(18)8-9/h1-5,8H,6-7H2. The molecule has 0 saturated carbocycles. The average Bonchev–Trinajstić information content (AvgIpc) is 2.82. The quantitative estimate of drug-likeness (QED) is 0.594. The highest BCUT2D eigenvalue weighted by molar-refractivity contribution is 6.42. The lowest BCUT2D eigenvalue weighted by Crippen LogP contribution is -2.02. The Bertz CT molecular complexity index is 814. The van der Waals surface area contributed by atoms with E-state index in [0.717, 1.165) is 5.69 Å². The molecule has 1 heterocycles. The number of halogens is 4. The molecule has 6 heteroatoms. The van der Waals surface area contributed by atoms with Gasteiger partial charge in [0, 0.05) is 18.0 Å². The Kier molecular flexibility index (Phi) is 4.07. The molecule has 3 aromatic rings. The molecule has 0 aliphatic heterocycles. The van der Waals surface area contributed by atoms with Crippen LogP contribution in [0.3, 0.4) is 0 Å². The third-order valence-corrected chi connectivity index (χ3v) is 4.11. The molecule has 21 heavy (non-hydrogen) atoms. The van der Waals surface area contributed by atoms with Gasteiger partial charge < -0.3 is 0 Å². The minimum absolute atomic E-state index is 0.323. The fourth-order valence-electron chi connectivity index (χ4n) is 2.28. The van der Waals surface area contributed by atoms with Crippen molar-refractivity contribution in [2.75, 3.05) is 5.88 Å². The molecule has 1 aromatic heterocycles. The molecule has 0 bridgehead atoms. The van der Waals surface area contributed by atoms with Crippen molar-refractivity contribution in [3.63, 3.8) is 0 Å². The lowest BCUT2D eigenvalue weighted by Gasteiger charge is -2.09. The fourth-order valence-corrected chi connectivity index (χ4v) is 2.74. The van der Waals surface area contributed by atoms with E-state index < -0.39 is 0 Å². The fraction of sp³-hybridized carbons (Fsp3) is 0.133. The van der Waals surface area contributed by atoms with Crippen LogP contribution in [0.4, 0.5) is 4.39 Å². The molecule has 3 rings (SSSR count). The van der Waals surface area contributed by atoms with Crippen molar-refractivity contribution in [2.24, 2.45) is 0 Å². The minimum atomic E-state index is -0.359. The summed E-state index contributed by atoms with van der Waals surface area (Å²) in [6, 6.07) is 10.1. The number of aromatic nitrogens is 2. The number of hydrogen-bond donors (Lipinski definition) is 0. The van der Waals surface area contributed by atoms with Crippen molar-refractivity contribution in [1.82, 2.24) is 9.55 Å². The summed E-state index contributed by atoms with van der Waals surface area (Å²) in [5.41, 5.74) is 1.77. The van der Waals surface area contributed by atoms with E-state index in [4.69, 9.17) is 34.8 Å². The number of benzene rings is 2. The molecule has 0 unspecified atom stereocenters. The predicted octanol–water partition coefficient (Wildman–Crippen LogP) is 5.25. The molecule has 0 aliphatic carbocycles. The maximum Gasteiger partial charge on any atom is 0.151 e. The van der Waals surface area contributed by atoms with E-state index in [0.29, 0.717) is 39.2 Å². The Morgan fingerprint density at radius 2 is 1.90 bits per heavy atom. The second kappa shape index (κ2) is 5.84. The van der Waals surface area contributed by atoms with Gasteiger partial charge in [-0.05, 0) is 30.3 Å². The van der Waals surface area contributed by atoms with Gasteiger partial charge in [-0.25, -0.2) is 9.37 Å². The number of alkyl halides is 1. The van der Waals surface area contributed by atoms with Gasteiger partial charge in [0.25, 0.3) is 0 Å². The van der Waals surface area contributed by atoms with Crippen molar-refractivity contribution in [3.05, 3.63) is 58.1 Å². The van der Waals surface area contributed by atoms with Crippen LogP contribution in [-0.2, 0) is 6.42 Å². The molecular formula is C15H10Cl3FN2. The molecule has 2 nitrogen and oxygen atoms in total. The Morgan fingerprint density at radius 3 is 2.62 bits per heavy atom. The normalized spacial score (nSPS) is 11.2. The van der Waals surface area contributed by atoms with E-state index >= 15 is 0 Å². The molecule has 0 fully saturated rings. The van der Waals surface area contributed by atoms with Crippen LogP contribution in [0.5, 0.6) is 0 Å². The van der Waals surface area contributed by atoms with E-state index in [-0.39, 0.29) is 5.82 Å². The first-order valence-electron chi connectivity index (χ1n) is 6.29. The molecule has 0 amide bonds. The number of imidazole rings is 1. The number of rotatable bonds is 3. The summed E-state index contributed by atoms with van der Waals surface area (Å²) >= 11 is 17.9. The molecule has 0 spiro atoms. The van der Waals surface area contributed by atoms with Crippen LogP contribution < -0.4 is 0 Å². The van der Waals surface area contributed by atoms with E-state index in [2.05, 4.69) is 4.98 Å². The number of para-hydroxylation sites is 1. The monoisotopic (exact) mass is 342 g/mol. The number of hydrogen-bond acceptors (Lipinski definition) is 1. The largest absolute Gasteiger partial charge is 0.296 e. The van der Waals surface area contributed by atoms with Crippen LogP contribution in [0, 0.1) is 5.82 Å². The van der Waals surface area contributed by atoms with Gasteiger partial charge in [-0.2, -0.15) is 0 Å². The summed E-state index contributed by atoms with van der Waals surface area (Å²) in [5.74, 6) is 0.720. The Balaban J connectivity index is 2.30. The highest BCUT2D eigenvalue weighted by Gasteiger charge is 2.15. The van der Waals surface area contributed by atoms with Gasteiger partial charge in [0.2, 0.25) is 0 Å². The molecule has 0 atom stereocenters. The molecule has 0 aliphatic rings. The van der Waals surface area contributed by atoms with E-state index in [1.54, 1.807) is 18.2 Å². The summed E-state index contributed by atoms with van der Waals surface area (Å²) in [4.78, 5) is 4.36. The van der Waals surface area contributed by atoms with Crippen LogP contribution >= 0.6 is 34.8 Å². The summed E-state index contributed by atoms with van der Waals surface area (Å²) in [7, 11) is 0. The minimum Gasteiger partial charge on any atom is -0.296 e. The Labute approximate surface area is 136 Å². The summed E-state index contributed by atoms with van der Waals surface area (Å²) in [6.45, 7) is 0. The molecule has 0 saturated heterocycles. The smallest absolute Gasteiger partial charge is 0.151 e. The Morgan fingerprint density at radius 1 is 1.10 bits per heavy atom. The molecule has 108 valence electrons. The number of nitrogens with zero attached hydrogens (tertiary/aromatic N) is 2. The van der Waals surface area contributed by atoms with Gasteiger partial charge >= 0.3 is 0 Å². The summed E-state index contributed by atoms with van der Waals surface area (Å²) < 4.78 is 15.8. The van der Waals surface area contributed by atoms with Gasteiger partial charge in [0.1, 0.15) is 11.3 Å². The van der Waals surface area contributed by atoms with Gasteiger partial charge in [-0.15, -0.1) is 11.6 Å². The van der Waals surface area contributed by atoms with Crippen molar-refractivity contribution in [2.45, 2.75) is 6.42 Å². The Hall–Kier alpha value is -1.29. The highest BCUT2D eigenvalue weighted by Crippen LogP contribution is 2.29. The van der Waals surface area contributed by atoms with Crippen LogP contribution in [0.15, 0.2) is 36.4 Å². The highest BCUT2D eigenvalue weighted by atomic mass is 35.5. The molecular weight excluding hydrogens is 334 g/mol. The first-order chi connectivity index (χ1) is 10.1.